The maximum absolute atomic E-state index is 12.5. The quantitative estimate of drug-likeness (QED) is 0.585. The van der Waals surface area contributed by atoms with Crippen molar-refractivity contribution >= 4 is 0 Å². The molecule has 0 N–H and O–H groups in total. The number of nitrogens with zero attached hydrogens (tertiary/aromatic N) is 1. The summed E-state index contributed by atoms with van der Waals surface area (Å²) in [6.45, 7) is 7.30. The molecule has 0 aliphatic heterocycles. The van der Waals surface area contributed by atoms with Crippen molar-refractivity contribution in [2.45, 2.75) is 45.4 Å². The molecule has 10 heavy (non-hydrogen) atoms. The summed E-state index contributed by atoms with van der Waals surface area (Å²) in [6.07, 6.45) is 0.216. The topological polar surface area (TPSA) is 3.24 Å². The maximum Gasteiger partial charge on any atom is 0.117 e. The van der Waals surface area contributed by atoms with Crippen LogP contribution in [-0.2, 0) is 0 Å². The molecule has 1 fully saturated rings. The van der Waals surface area contributed by atoms with Crippen molar-refractivity contribution in [1.29, 1.82) is 0 Å². The fourth-order valence-corrected chi connectivity index (χ4v) is 1.48. The minimum absolute atomic E-state index is 0.241. The van der Waals surface area contributed by atoms with Gasteiger partial charge >= 0.3 is 0 Å². The summed E-state index contributed by atoms with van der Waals surface area (Å²) < 4.78 is 12.5. The van der Waals surface area contributed by atoms with Crippen LogP contribution in [0.1, 0.15) is 27.2 Å². The lowest BCUT2D eigenvalue weighted by Crippen LogP contribution is -2.33. The fraction of sp³-hybridized carbons (Fsp3) is 1.00. The Bertz CT molecular complexity index is 114. The second-order valence-electron chi connectivity index (χ2n) is 3.24. The van der Waals surface area contributed by atoms with Crippen molar-refractivity contribution in [2.24, 2.45) is 0 Å². The van der Waals surface area contributed by atoms with Crippen molar-refractivity contribution in [3.8, 4) is 0 Å². The molecule has 60 valence electrons. The van der Waals surface area contributed by atoms with Crippen molar-refractivity contribution in [3.63, 3.8) is 0 Å². The smallest absolute Gasteiger partial charge is 0.117 e. The van der Waals surface area contributed by atoms with E-state index in [1.807, 2.05) is 0 Å². The van der Waals surface area contributed by atoms with Gasteiger partial charge in [-0.15, -0.1) is 0 Å². The lowest BCUT2D eigenvalue weighted by Gasteiger charge is -2.23. The first kappa shape index (κ1) is 7.99. The van der Waals surface area contributed by atoms with Crippen LogP contribution in [0.5, 0.6) is 0 Å². The fourth-order valence-electron chi connectivity index (χ4n) is 1.48. The molecule has 0 aromatic carbocycles. The van der Waals surface area contributed by atoms with Crippen molar-refractivity contribution in [2.75, 3.05) is 6.54 Å². The third-order valence-corrected chi connectivity index (χ3v) is 2.14. The van der Waals surface area contributed by atoms with Gasteiger partial charge in [-0.3, -0.25) is 4.90 Å². The molecule has 0 aromatic heterocycles. The third-order valence-electron chi connectivity index (χ3n) is 2.14. The van der Waals surface area contributed by atoms with E-state index in [0.717, 1.165) is 13.0 Å². The second-order valence-corrected chi connectivity index (χ2v) is 3.24. The van der Waals surface area contributed by atoms with Crippen LogP contribution in [0.4, 0.5) is 4.39 Å². The summed E-state index contributed by atoms with van der Waals surface area (Å²) in [6, 6.07) is 0.737. The minimum atomic E-state index is -0.539. The average molecular weight is 145 g/mol. The number of hydrogen-bond donors (Lipinski definition) is 0. The van der Waals surface area contributed by atoms with Crippen LogP contribution in [0.25, 0.3) is 0 Å². The van der Waals surface area contributed by atoms with Gasteiger partial charge in [0.2, 0.25) is 0 Å². The summed E-state index contributed by atoms with van der Waals surface area (Å²) in [5.74, 6) is 0. The Labute approximate surface area is 62.2 Å². The molecule has 0 saturated heterocycles. The summed E-state index contributed by atoms with van der Waals surface area (Å²) in [7, 11) is 0. The molecule has 1 aliphatic rings. The monoisotopic (exact) mass is 145 g/mol. The van der Waals surface area contributed by atoms with Gasteiger partial charge < -0.3 is 0 Å². The molecule has 0 radical (unpaired) electrons. The predicted octanol–water partition coefficient (Wildman–Crippen LogP) is 1.83. The molecule has 0 aromatic rings. The molecular formula is C8H16FN. The van der Waals surface area contributed by atoms with Gasteiger partial charge in [-0.1, -0.05) is 6.92 Å². The van der Waals surface area contributed by atoms with Gasteiger partial charge in [0.15, 0.2) is 0 Å². The highest BCUT2D eigenvalue weighted by Gasteiger charge is 2.42. The Morgan fingerprint density at radius 1 is 1.60 bits per heavy atom. The summed E-state index contributed by atoms with van der Waals surface area (Å²) in [5.41, 5.74) is 0. The minimum Gasteiger partial charge on any atom is -0.295 e. The van der Waals surface area contributed by atoms with Crippen LogP contribution in [0.3, 0.4) is 0 Å². The summed E-state index contributed by atoms with van der Waals surface area (Å²) in [4.78, 5) is 2.21. The molecular weight excluding hydrogens is 129 g/mol. The average Bonchev–Trinajstić information content (AvgIpc) is 2.48. The SMILES string of the molecule is CCN(C(C)C)[C@H]1C[C@@H]1F. The van der Waals surface area contributed by atoms with Crippen LogP contribution in [-0.4, -0.2) is 29.7 Å². The van der Waals surface area contributed by atoms with E-state index in [4.69, 9.17) is 0 Å². The number of halogens is 1. The van der Waals surface area contributed by atoms with Gasteiger partial charge in [0, 0.05) is 12.1 Å². The normalized spacial score (nSPS) is 31.8. The van der Waals surface area contributed by atoms with E-state index in [0.29, 0.717) is 6.04 Å². The van der Waals surface area contributed by atoms with E-state index in [9.17, 15) is 4.39 Å². The Morgan fingerprint density at radius 2 is 2.10 bits per heavy atom. The van der Waals surface area contributed by atoms with Gasteiger partial charge in [-0.2, -0.15) is 0 Å². The first-order valence-electron chi connectivity index (χ1n) is 4.06. The molecule has 0 bridgehead atoms. The van der Waals surface area contributed by atoms with Crippen LogP contribution in [0, 0.1) is 0 Å². The van der Waals surface area contributed by atoms with Crippen LogP contribution in [0.15, 0.2) is 0 Å². The maximum atomic E-state index is 12.5. The molecule has 1 aliphatic carbocycles. The zero-order valence-corrected chi connectivity index (χ0v) is 6.97. The van der Waals surface area contributed by atoms with Crippen molar-refractivity contribution < 1.29 is 4.39 Å². The molecule has 1 rings (SSSR count). The second kappa shape index (κ2) is 2.87. The lowest BCUT2D eigenvalue weighted by atomic mass is 10.3. The van der Waals surface area contributed by atoms with Gasteiger partial charge in [-0.05, 0) is 26.8 Å². The molecule has 0 spiro atoms. The largest absolute Gasteiger partial charge is 0.295 e. The highest BCUT2D eigenvalue weighted by molar-refractivity contribution is 4.96. The Morgan fingerprint density at radius 3 is 2.20 bits per heavy atom. The van der Waals surface area contributed by atoms with Gasteiger partial charge in [-0.25, -0.2) is 4.39 Å². The van der Waals surface area contributed by atoms with Crippen LogP contribution >= 0.6 is 0 Å². The standard InChI is InChI=1S/C8H16FN/c1-4-10(6(2)3)8-5-7(8)9/h6-8H,4-5H2,1-3H3/t7-,8-/m0/s1. The van der Waals surface area contributed by atoms with E-state index < -0.39 is 6.17 Å². The molecule has 2 atom stereocenters. The van der Waals surface area contributed by atoms with Crippen molar-refractivity contribution in [3.05, 3.63) is 0 Å². The summed E-state index contributed by atoms with van der Waals surface area (Å²) >= 11 is 0. The first-order valence-corrected chi connectivity index (χ1v) is 4.06. The van der Waals surface area contributed by atoms with Gasteiger partial charge in [0.25, 0.3) is 0 Å². The lowest BCUT2D eigenvalue weighted by molar-refractivity contribution is 0.202. The zero-order valence-electron chi connectivity index (χ0n) is 6.97. The molecule has 0 heterocycles. The van der Waals surface area contributed by atoms with Crippen molar-refractivity contribution in [1.82, 2.24) is 4.90 Å². The highest BCUT2D eigenvalue weighted by Crippen LogP contribution is 2.32. The van der Waals surface area contributed by atoms with Gasteiger partial charge in [0.1, 0.15) is 6.17 Å². The predicted molar refractivity (Wildman–Crippen MR) is 40.8 cm³/mol. The van der Waals surface area contributed by atoms with E-state index in [1.165, 1.54) is 0 Å². The third kappa shape index (κ3) is 1.48. The zero-order chi connectivity index (χ0) is 7.72. The molecule has 1 nitrogen and oxygen atoms in total. The number of alkyl halides is 1. The van der Waals surface area contributed by atoms with Crippen LogP contribution in [0.2, 0.25) is 0 Å². The molecule has 0 amide bonds. The van der Waals surface area contributed by atoms with Gasteiger partial charge in [0.05, 0.1) is 0 Å². The van der Waals surface area contributed by atoms with E-state index >= 15 is 0 Å². The number of hydrogen-bond acceptors (Lipinski definition) is 1. The van der Waals surface area contributed by atoms with E-state index in [1.54, 1.807) is 0 Å². The summed E-state index contributed by atoms with van der Waals surface area (Å²) in [5, 5.41) is 0. The molecule has 1 saturated carbocycles. The Hall–Kier alpha value is -0.110. The first-order chi connectivity index (χ1) is 4.66. The molecule has 2 heteroatoms. The molecule has 0 unspecified atom stereocenters. The van der Waals surface area contributed by atoms with Crippen LogP contribution < -0.4 is 0 Å². The highest BCUT2D eigenvalue weighted by atomic mass is 19.1. The van der Waals surface area contributed by atoms with E-state index in [-0.39, 0.29) is 6.04 Å². The Balaban J connectivity index is 2.34. The number of rotatable bonds is 3. The van der Waals surface area contributed by atoms with E-state index in [2.05, 4.69) is 25.7 Å². The Kier molecular flexibility index (Phi) is 2.29.